The Morgan fingerprint density at radius 3 is 2.33 bits per heavy atom. The van der Waals surface area contributed by atoms with Gasteiger partial charge in [-0.05, 0) is 37.9 Å². The lowest BCUT2D eigenvalue weighted by molar-refractivity contribution is -0.131. The number of carbonyl (C=O) groups is 1. The van der Waals surface area contributed by atoms with Crippen LogP contribution in [-0.4, -0.2) is 43.5 Å². The van der Waals surface area contributed by atoms with E-state index in [9.17, 15) is 4.79 Å². The summed E-state index contributed by atoms with van der Waals surface area (Å²) in [5, 5.41) is 0. The van der Waals surface area contributed by atoms with Crippen molar-refractivity contribution in [1.29, 1.82) is 0 Å². The molecule has 138 valence electrons. The van der Waals surface area contributed by atoms with Crippen molar-refractivity contribution in [2.45, 2.75) is 38.5 Å². The highest BCUT2D eigenvalue weighted by molar-refractivity contribution is 5.85. The molecule has 0 aliphatic carbocycles. The van der Waals surface area contributed by atoms with Gasteiger partial charge in [0.1, 0.15) is 0 Å². The van der Waals surface area contributed by atoms with Gasteiger partial charge in [-0.1, -0.05) is 31.0 Å². The standard InChI is InChI=1S/C18H29N3O.2ClH/c19-12-7-2-1-6-11-18(22)21-14-8-13-20(15-16-21)17-9-4-3-5-10-17;;/h3-5,9-10H,1-2,6-8,11-16,19H2;2*1H. The molecule has 1 amide bonds. The van der Waals surface area contributed by atoms with Crippen LogP contribution in [0.4, 0.5) is 5.69 Å². The largest absolute Gasteiger partial charge is 0.370 e. The van der Waals surface area contributed by atoms with Crippen molar-refractivity contribution in [2.75, 3.05) is 37.6 Å². The zero-order chi connectivity index (χ0) is 15.6. The average molecular weight is 376 g/mol. The fraction of sp³-hybridized carbons (Fsp3) is 0.611. The van der Waals surface area contributed by atoms with Crippen LogP contribution < -0.4 is 10.6 Å². The van der Waals surface area contributed by atoms with Crippen LogP contribution in [0.1, 0.15) is 38.5 Å². The van der Waals surface area contributed by atoms with Gasteiger partial charge in [-0.3, -0.25) is 4.79 Å². The minimum absolute atomic E-state index is 0. The molecule has 1 aliphatic rings. The Balaban J connectivity index is 0.00000264. The SMILES string of the molecule is Cl.Cl.NCCCCCCC(=O)N1CCCN(c2ccccc2)CC1. The zero-order valence-corrected chi connectivity index (χ0v) is 16.0. The van der Waals surface area contributed by atoms with Gasteiger partial charge in [0, 0.05) is 38.3 Å². The molecule has 2 rings (SSSR count). The Hall–Kier alpha value is -0.970. The van der Waals surface area contributed by atoms with Crippen molar-refractivity contribution >= 4 is 36.4 Å². The number of benzene rings is 1. The first-order valence-corrected chi connectivity index (χ1v) is 8.59. The molecule has 0 aromatic heterocycles. The first kappa shape index (κ1) is 23.0. The predicted molar refractivity (Wildman–Crippen MR) is 106 cm³/mol. The highest BCUT2D eigenvalue weighted by Gasteiger charge is 2.18. The molecule has 0 spiro atoms. The number of unbranched alkanes of at least 4 members (excludes halogenated alkanes) is 3. The van der Waals surface area contributed by atoms with E-state index in [0.29, 0.717) is 12.3 Å². The van der Waals surface area contributed by atoms with E-state index in [1.54, 1.807) is 0 Å². The highest BCUT2D eigenvalue weighted by atomic mass is 35.5. The summed E-state index contributed by atoms with van der Waals surface area (Å²) in [6.07, 6.45) is 6.07. The van der Waals surface area contributed by atoms with Crippen molar-refractivity contribution in [3.05, 3.63) is 30.3 Å². The third-order valence-electron chi connectivity index (χ3n) is 4.31. The monoisotopic (exact) mass is 375 g/mol. The molecule has 1 saturated heterocycles. The Kier molecular flexibility index (Phi) is 12.8. The molecule has 2 N–H and O–H groups in total. The van der Waals surface area contributed by atoms with Crippen molar-refractivity contribution in [1.82, 2.24) is 4.90 Å². The molecule has 4 nitrogen and oxygen atoms in total. The van der Waals surface area contributed by atoms with E-state index in [1.807, 2.05) is 11.0 Å². The van der Waals surface area contributed by atoms with Gasteiger partial charge in [0.2, 0.25) is 5.91 Å². The molecule has 0 atom stereocenters. The van der Waals surface area contributed by atoms with Crippen LogP contribution in [0.2, 0.25) is 0 Å². The second kappa shape index (κ2) is 13.3. The second-order valence-electron chi connectivity index (χ2n) is 6.01. The van der Waals surface area contributed by atoms with Crippen molar-refractivity contribution in [3.8, 4) is 0 Å². The summed E-state index contributed by atoms with van der Waals surface area (Å²) in [4.78, 5) is 16.7. The van der Waals surface area contributed by atoms with Crippen LogP contribution >= 0.6 is 24.8 Å². The number of rotatable bonds is 7. The molecule has 1 aromatic rings. The zero-order valence-electron chi connectivity index (χ0n) is 14.4. The number of anilines is 1. The quantitative estimate of drug-likeness (QED) is 0.742. The maximum atomic E-state index is 12.3. The summed E-state index contributed by atoms with van der Waals surface area (Å²) in [7, 11) is 0. The number of para-hydroxylation sites is 1. The Morgan fingerprint density at radius 2 is 1.62 bits per heavy atom. The van der Waals surface area contributed by atoms with E-state index in [1.165, 1.54) is 5.69 Å². The summed E-state index contributed by atoms with van der Waals surface area (Å²) in [5.41, 5.74) is 6.75. The molecule has 6 heteroatoms. The van der Waals surface area contributed by atoms with Gasteiger partial charge in [-0.25, -0.2) is 0 Å². The minimum atomic E-state index is 0. The predicted octanol–water partition coefficient (Wildman–Crippen LogP) is 3.48. The normalized spacial score (nSPS) is 14.4. The Labute approximate surface area is 158 Å². The lowest BCUT2D eigenvalue weighted by atomic mass is 10.1. The number of halogens is 2. The summed E-state index contributed by atoms with van der Waals surface area (Å²) in [6.45, 7) is 4.46. The molecule has 0 bridgehead atoms. The van der Waals surface area contributed by atoms with Gasteiger partial charge >= 0.3 is 0 Å². The smallest absolute Gasteiger partial charge is 0.222 e. The number of hydrogen-bond donors (Lipinski definition) is 1. The molecule has 1 aliphatic heterocycles. The third kappa shape index (κ3) is 7.73. The molecule has 0 saturated carbocycles. The van der Waals surface area contributed by atoms with E-state index >= 15 is 0 Å². The molecular formula is C18H31Cl2N3O. The van der Waals surface area contributed by atoms with E-state index in [4.69, 9.17) is 5.73 Å². The molecule has 1 fully saturated rings. The van der Waals surface area contributed by atoms with Crippen LogP contribution in [0.5, 0.6) is 0 Å². The van der Waals surface area contributed by atoms with Crippen LogP contribution in [0, 0.1) is 0 Å². The number of carbonyl (C=O) groups excluding carboxylic acids is 1. The summed E-state index contributed by atoms with van der Waals surface area (Å²) in [5.74, 6) is 0.322. The van der Waals surface area contributed by atoms with Crippen LogP contribution in [0.25, 0.3) is 0 Å². The van der Waals surface area contributed by atoms with Gasteiger partial charge in [-0.15, -0.1) is 24.8 Å². The fourth-order valence-electron chi connectivity index (χ4n) is 3.00. The summed E-state index contributed by atoms with van der Waals surface area (Å²) >= 11 is 0. The van der Waals surface area contributed by atoms with Crippen molar-refractivity contribution < 1.29 is 4.79 Å². The molecule has 24 heavy (non-hydrogen) atoms. The first-order valence-electron chi connectivity index (χ1n) is 8.59. The van der Waals surface area contributed by atoms with E-state index in [0.717, 1.165) is 64.8 Å². The number of nitrogens with zero attached hydrogens (tertiary/aromatic N) is 2. The number of amides is 1. The molecule has 1 aromatic carbocycles. The molecular weight excluding hydrogens is 345 g/mol. The highest BCUT2D eigenvalue weighted by Crippen LogP contribution is 2.16. The molecule has 0 radical (unpaired) electrons. The topological polar surface area (TPSA) is 49.6 Å². The van der Waals surface area contributed by atoms with Gasteiger partial charge in [0.25, 0.3) is 0 Å². The lowest BCUT2D eigenvalue weighted by Gasteiger charge is -2.23. The van der Waals surface area contributed by atoms with Crippen molar-refractivity contribution in [3.63, 3.8) is 0 Å². The van der Waals surface area contributed by atoms with E-state index in [2.05, 4.69) is 29.2 Å². The van der Waals surface area contributed by atoms with E-state index in [-0.39, 0.29) is 24.8 Å². The second-order valence-corrected chi connectivity index (χ2v) is 6.01. The average Bonchev–Trinajstić information content (AvgIpc) is 2.81. The van der Waals surface area contributed by atoms with Gasteiger partial charge in [0.15, 0.2) is 0 Å². The Morgan fingerprint density at radius 1 is 0.917 bits per heavy atom. The first-order chi connectivity index (χ1) is 10.8. The van der Waals surface area contributed by atoms with Gasteiger partial charge in [0.05, 0.1) is 0 Å². The Bertz CT molecular complexity index is 445. The third-order valence-corrected chi connectivity index (χ3v) is 4.31. The molecule has 0 unspecified atom stereocenters. The fourth-order valence-corrected chi connectivity index (χ4v) is 3.00. The lowest BCUT2D eigenvalue weighted by Crippen LogP contribution is -2.35. The van der Waals surface area contributed by atoms with Crippen LogP contribution in [0.3, 0.4) is 0 Å². The molecule has 1 heterocycles. The van der Waals surface area contributed by atoms with Crippen molar-refractivity contribution in [2.24, 2.45) is 5.73 Å². The maximum Gasteiger partial charge on any atom is 0.222 e. The number of hydrogen-bond acceptors (Lipinski definition) is 3. The van der Waals surface area contributed by atoms with Crippen LogP contribution in [0.15, 0.2) is 30.3 Å². The summed E-state index contributed by atoms with van der Waals surface area (Å²) in [6, 6.07) is 10.5. The van der Waals surface area contributed by atoms with Crippen LogP contribution in [-0.2, 0) is 4.79 Å². The minimum Gasteiger partial charge on any atom is -0.370 e. The number of nitrogens with two attached hydrogens (primary N) is 1. The van der Waals surface area contributed by atoms with E-state index < -0.39 is 0 Å². The maximum absolute atomic E-state index is 12.3. The van der Waals surface area contributed by atoms with Gasteiger partial charge in [-0.2, -0.15) is 0 Å². The van der Waals surface area contributed by atoms with Gasteiger partial charge < -0.3 is 15.5 Å². The summed E-state index contributed by atoms with van der Waals surface area (Å²) < 4.78 is 0.